The number of rotatable bonds is 2. The summed E-state index contributed by atoms with van der Waals surface area (Å²) in [5.41, 5.74) is 5.66. The summed E-state index contributed by atoms with van der Waals surface area (Å²) < 4.78 is 0. The second kappa shape index (κ2) is 5.40. The third kappa shape index (κ3) is 3.11. The molecule has 1 fully saturated rings. The fraction of sp³-hybridized carbons (Fsp3) is 0.583. The molecule has 1 unspecified atom stereocenters. The molecule has 0 amide bonds. The Kier molecular flexibility index (Phi) is 3.84. The van der Waals surface area contributed by atoms with Gasteiger partial charge in [-0.2, -0.15) is 0 Å². The van der Waals surface area contributed by atoms with Crippen molar-refractivity contribution in [1.29, 1.82) is 0 Å². The molecule has 7 nitrogen and oxygen atoms in total. The Labute approximate surface area is 112 Å². The van der Waals surface area contributed by atoms with Crippen molar-refractivity contribution in [2.75, 3.05) is 37.3 Å². The number of likely N-dealkylation sites (N-methyl/N-ethyl adjacent to an activating group) is 1. The number of nitrogens with two attached hydrogens (primary N) is 1. The van der Waals surface area contributed by atoms with Crippen molar-refractivity contribution in [1.82, 2.24) is 9.88 Å². The maximum Gasteiger partial charge on any atom is 0.276 e. The standard InChI is InChI=1S/C12H19N5O2/c1-9-8-15(2)4-3-5-16(9)12-7-10(17(18)19)6-11(13)14-12/h6-7,9H,3-5,8H2,1-2H3,(H2,13,14). The molecule has 2 heterocycles. The zero-order valence-corrected chi connectivity index (χ0v) is 11.2. The molecule has 1 aromatic heterocycles. The number of nitrogen functional groups attached to an aromatic ring is 1. The Bertz CT molecular complexity index is 479. The predicted octanol–water partition coefficient (Wildman–Crippen LogP) is 1.10. The lowest BCUT2D eigenvalue weighted by Gasteiger charge is -2.29. The Morgan fingerprint density at radius 3 is 2.89 bits per heavy atom. The van der Waals surface area contributed by atoms with Crippen LogP contribution in [0.4, 0.5) is 17.3 Å². The van der Waals surface area contributed by atoms with E-state index >= 15 is 0 Å². The molecule has 1 aliphatic heterocycles. The number of hydrogen-bond acceptors (Lipinski definition) is 6. The van der Waals surface area contributed by atoms with E-state index in [1.54, 1.807) is 0 Å². The van der Waals surface area contributed by atoms with Crippen LogP contribution in [0.25, 0.3) is 0 Å². The molecule has 104 valence electrons. The quantitative estimate of drug-likeness (QED) is 0.636. The first-order valence-corrected chi connectivity index (χ1v) is 6.34. The zero-order valence-electron chi connectivity index (χ0n) is 11.2. The molecule has 0 radical (unpaired) electrons. The predicted molar refractivity (Wildman–Crippen MR) is 74.2 cm³/mol. The molecule has 0 bridgehead atoms. The summed E-state index contributed by atoms with van der Waals surface area (Å²) in [5.74, 6) is 0.781. The number of pyridine rings is 1. The van der Waals surface area contributed by atoms with Gasteiger partial charge in [0.15, 0.2) is 0 Å². The summed E-state index contributed by atoms with van der Waals surface area (Å²) in [7, 11) is 2.08. The van der Waals surface area contributed by atoms with E-state index in [1.165, 1.54) is 12.1 Å². The highest BCUT2D eigenvalue weighted by atomic mass is 16.6. The molecule has 19 heavy (non-hydrogen) atoms. The van der Waals surface area contributed by atoms with Gasteiger partial charge in [-0.1, -0.05) is 0 Å². The summed E-state index contributed by atoms with van der Waals surface area (Å²) in [6.07, 6.45) is 1.01. The van der Waals surface area contributed by atoms with Crippen molar-refractivity contribution in [3.63, 3.8) is 0 Å². The highest BCUT2D eigenvalue weighted by Gasteiger charge is 2.22. The van der Waals surface area contributed by atoms with Crippen LogP contribution in [0.5, 0.6) is 0 Å². The smallest absolute Gasteiger partial charge is 0.276 e. The molecule has 2 rings (SSSR count). The first-order chi connectivity index (χ1) is 8.97. The molecule has 0 aromatic carbocycles. The van der Waals surface area contributed by atoms with Crippen molar-refractivity contribution in [2.45, 2.75) is 19.4 Å². The van der Waals surface area contributed by atoms with E-state index in [4.69, 9.17) is 5.73 Å². The largest absolute Gasteiger partial charge is 0.383 e. The van der Waals surface area contributed by atoms with Gasteiger partial charge in [0, 0.05) is 19.1 Å². The third-order valence-corrected chi connectivity index (χ3v) is 3.37. The van der Waals surface area contributed by atoms with Gasteiger partial charge in [0.05, 0.1) is 17.1 Å². The summed E-state index contributed by atoms with van der Waals surface area (Å²) in [6.45, 7) is 4.85. The summed E-state index contributed by atoms with van der Waals surface area (Å²) in [4.78, 5) is 19.0. The number of aromatic nitrogens is 1. The van der Waals surface area contributed by atoms with E-state index in [1.807, 2.05) is 0 Å². The van der Waals surface area contributed by atoms with Gasteiger partial charge in [-0.25, -0.2) is 4.98 Å². The summed E-state index contributed by atoms with van der Waals surface area (Å²) in [6, 6.07) is 3.04. The molecule has 2 N–H and O–H groups in total. The fourth-order valence-electron chi connectivity index (χ4n) is 2.49. The van der Waals surface area contributed by atoms with Crippen LogP contribution < -0.4 is 10.6 Å². The average Bonchev–Trinajstić information content (AvgIpc) is 2.49. The van der Waals surface area contributed by atoms with Gasteiger partial charge in [-0.15, -0.1) is 0 Å². The third-order valence-electron chi connectivity index (χ3n) is 3.37. The van der Waals surface area contributed by atoms with Gasteiger partial charge in [0.25, 0.3) is 5.69 Å². The topological polar surface area (TPSA) is 88.5 Å². The maximum atomic E-state index is 10.9. The highest BCUT2D eigenvalue weighted by molar-refractivity contribution is 5.54. The molecular formula is C12H19N5O2. The van der Waals surface area contributed by atoms with Crippen LogP contribution in [0, 0.1) is 10.1 Å². The van der Waals surface area contributed by atoms with Crippen molar-refractivity contribution >= 4 is 17.3 Å². The Morgan fingerprint density at radius 2 is 2.21 bits per heavy atom. The molecule has 7 heteroatoms. The molecule has 1 aromatic rings. The number of hydrogen-bond donors (Lipinski definition) is 1. The highest BCUT2D eigenvalue weighted by Crippen LogP contribution is 2.24. The van der Waals surface area contributed by atoms with Crippen molar-refractivity contribution in [2.24, 2.45) is 0 Å². The number of nitro groups is 1. The van der Waals surface area contributed by atoms with Gasteiger partial charge < -0.3 is 15.5 Å². The second-order valence-electron chi connectivity index (χ2n) is 5.02. The van der Waals surface area contributed by atoms with E-state index in [-0.39, 0.29) is 17.5 Å². The van der Waals surface area contributed by atoms with Crippen LogP contribution >= 0.6 is 0 Å². The molecule has 1 aliphatic rings. The fourth-order valence-corrected chi connectivity index (χ4v) is 2.49. The molecule has 1 saturated heterocycles. The van der Waals surface area contributed by atoms with E-state index in [2.05, 4.69) is 28.8 Å². The lowest BCUT2D eigenvalue weighted by molar-refractivity contribution is -0.384. The van der Waals surface area contributed by atoms with Crippen LogP contribution in [0.15, 0.2) is 12.1 Å². The SMILES string of the molecule is CC1CN(C)CCCN1c1cc([N+](=O)[O-])cc(N)n1. The van der Waals surface area contributed by atoms with Crippen molar-refractivity contribution < 1.29 is 4.92 Å². The molecular weight excluding hydrogens is 246 g/mol. The Morgan fingerprint density at radius 1 is 1.47 bits per heavy atom. The van der Waals surface area contributed by atoms with E-state index in [0.717, 1.165) is 26.1 Å². The van der Waals surface area contributed by atoms with Crippen LogP contribution in [0.1, 0.15) is 13.3 Å². The van der Waals surface area contributed by atoms with Gasteiger partial charge in [0.1, 0.15) is 11.6 Å². The van der Waals surface area contributed by atoms with Gasteiger partial charge in [-0.05, 0) is 26.9 Å². The van der Waals surface area contributed by atoms with Gasteiger partial charge >= 0.3 is 0 Å². The van der Waals surface area contributed by atoms with Crippen LogP contribution in [-0.4, -0.2) is 47.5 Å². The number of nitrogens with zero attached hydrogens (tertiary/aromatic N) is 4. The first kappa shape index (κ1) is 13.5. The minimum Gasteiger partial charge on any atom is -0.383 e. The lowest BCUT2D eigenvalue weighted by Crippen LogP contribution is -2.38. The summed E-state index contributed by atoms with van der Waals surface area (Å²) in [5, 5.41) is 10.9. The van der Waals surface area contributed by atoms with Crippen LogP contribution in [-0.2, 0) is 0 Å². The minimum absolute atomic E-state index is 0.00713. The normalized spacial score (nSPS) is 21.2. The zero-order chi connectivity index (χ0) is 14.0. The molecule has 0 aliphatic carbocycles. The van der Waals surface area contributed by atoms with Crippen molar-refractivity contribution in [3.8, 4) is 0 Å². The van der Waals surface area contributed by atoms with Crippen LogP contribution in [0.2, 0.25) is 0 Å². The van der Waals surface area contributed by atoms with E-state index in [9.17, 15) is 10.1 Å². The Balaban J connectivity index is 2.31. The Hall–Kier alpha value is -1.89. The monoisotopic (exact) mass is 265 g/mol. The van der Waals surface area contributed by atoms with Crippen molar-refractivity contribution in [3.05, 3.63) is 22.2 Å². The second-order valence-corrected chi connectivity index (χ2v) is 5.02. The number of anilines is 2. The average molecular weight is 265 g/mol. The first-order valence-electron chi connectivity index (χ1n) is 6.34. The van der Waals surface area contributed by atoms with E-state index in [0.29, 0.717) is 5.82 Å². The maximum absolute atomic E-state index is 10.9. The lowest BCUT2D eigenvalue weighted by atomic mass is 10.2. The van der Waals surface area contributed by atoms with Gasteiger partial charge in [0.2, 0.25) is 0 Å². The van der Waals surface area contributed by atoms with E-state index < -0.39 is 4.92 Å². The molecule has 0 saturated carbocycles. The molecule has 0 spiro atoms. The van der Waals surface area contributed by atoms with Crippen LogP contribution in [0.3, 0.4) is 0 Å². The van der Waals surface area contributed by atoms with Gasteiger partial charge in [-0.3, -0.25) is 10.1 Å². The minimum atomic E-state index is -0.434. The molecule has 1 atom stereocenters. The summed E-state index contributed by atoms with van der Waals surface area (Å²) >= 11 is 0.